The Kier molecular flexibility index (Phi) is 5.62. The Balaban J connectivity index is 1.56. The smallest absolute Gasteiger partial charge is 0.234 e. The molecule has 0 aliphatic rings. The first kappa shape index (κ1) is 17.4. The highest BCUT2D eigenvalue weighted by Gasteiger charge is 2.08. The van der Waals surface area contributed by atoms with Crippen molar-refractivity contribution in [2.75, 3.05) is 16.4 Å². The zero-order valence-corrected chi connectivity index (χ0v) is 15.1. The molecule has 6 nitrogen and oxygen atoms in total. The minimum atomic E-state index is -0.155. The predicted octanol–water partition coefficient (Wildman–Crippen LogP) is 3.52. The molecule has 3 aromatic rings. The van der Waals surface area contributed by atoms with Crippen molar-refractivity contribution in [3.8, 4) is 0 Å². The van der Waals surface area contributed by atoms with E-state index >= 15 is 0 Å². The van der Waals surface area contributed by atoms with Crippen LogP contribution in [0.3, 0.4) is 0 Å². The molecular formula is C17H16N4O2S2. The molecule has 0 bridgehead atoms. The maximum Gasteiger partial charge on any atom is 0.234 e. The molecule has 0 fully saturated rings. The van der Waals surface area contributed by atoms with Crippen LogP contribution in [0.5, 0.6) is 0 Å². The number of rotatable bonds is 6. The lowest BCUT2D eigenvalue weighted by atomic mass is 10.3. The van der Waals surface area contributed by atoms with Crippen LogP contribution in [0.15, 0.2) is 42.6 Å². The zero-order valence-electron chi connectivity index (χ0n) is 13.5. The number of thioether (sulfide) groups is 1. The summed E-state index contributed by atoms with van der Waals surface area (Å²) in [5, 5.41) is 6.10. The molecule has 25 heavy (non-hydrogen) atoms. The van der Waals surface area contributed by atoms with Gasteiger partial charge in [-0.2, -0.15) is 0 Å². The van der Waals surface area contributed by atoms with E-state index in [1.54, 1.807) is 12.3 Å². The van der Waals surface area contributed by atoms with E-state index in [9.17, 15) is 9.59 Å². The van der Waals surface area contributed by atoms with Crippen molar-refractivity contribution >= 4 is 55.9 Å². The van der Waals surface area contributed by atoms with Crippen molar-refractivity contribution < 1.29 is 9.59 Å². The Morgan fingerprint density at radius 2 is 2.08 bits per heavy atom. The second-order valence-electron chi connectivity index (χ2n) is 5.24. The standard InChI is InChI=1S/C17H16N4O2S2/c1-11(22)19-17-21-14-6-5-12(8-15(14)25-17)20-16(23)10-24-9-13-4-2-3-7-18-13/h2-8H,9-10H2,1H3,(H,20,23)(H,19,21,22). The summed E-state index contributed by atoms with van der Waals surface area (Å²) in [5.74, 6) is 0.834. The summed E-state index contributed by atoms with van der Waals surface area (Å²) in [6.45, 7) is 1.44. The van der Waals surface area contributed by atoms with Gasteiger partial charge in [0.15, 0.2) is 5.13 Å². The molecule has 3 rings (SSSR count). The van der Waals surface area contributed by atoms with Crippen LogP contribution < -0.4 is 10.6 Å². The average Bonchev–Trinajstić information content (AvgIpc) is 2.96. The van der Waals surface area contributed by atoms with Crippen LogP contribution in [0.1, 0.15) is 12.6 Å². The summed E-state index contributed by atoms with van der Waals surface area (Å²) < 4.78 is 0.905. The van der Waals surface area contributed by atoms with Crippen LogP contribution in [0.25, 0.3) is 10.2 Å². The first-order valence-corrected chi connectivity index (χ1v) is 9.53. The molecular weight excluding hydrogens is 356 g/mol. The highest BCUT2D eigenvalue weighted by atomic mass is 32.2. The van der Waals surface area contributed by atoms with Crippen LogP contribution >= 0.6 is 23.1 Å². The first-order valence-electron chi connectivity index (χ1n) is 7.56. The Bertz CT molecular complexity index is 896. The third-order valence-electron chi connectivity index (χ3n) is 3.16. The van der Waals surface area contributed by atoms with Crippen LogP contribution in [-0.4, -0.2) is 27.5 Å². The number of nitrogens with one attached hydrogen (secondary N) is 2. The number of pyridine rings is 1. The summed E-state index contributed by atoms with van der Waals surface area (Å²) in [6.07, 6.45) is 1.75. The molecule has 1 aromatic carbocycles. The van der Waals surface area contributed by atoms with Crippen molar-refractivity contribution in [2.24, 2.45) is 0 Å². The molecule has 0 spiro atoms. The van der Waals surface area contributed by atoms with Gasteiger partial charge in [-0.3, -0.25) is 14.6 Å². The van der Waals surface area contributed by atoms with Crippen molar-refractivity contribution in [2.45, 2.75) is 12.7 Å². The van der Waals surface area contributed by atoms with Crippen LogP contribution in [-0.2, 0) is 15.3 Å². The molecule has 0 aliphatic heterocycles. The summed E-state index contributed by atoms with van der Waals surface area (Å²) in [5.41, 5.74) is 2.46. The van der Waals surface area contributed by atoms with E-state index < -0.39 is 0 Å². The Morgan fingerprint density at radius 1 is 1.20 bits per heavy atom. The largest absolute Gasteiger partial charge is 0.325 e. The Labute approximate surface area is 153 Å². The molecule has 0 aliphatic carbocycles. The van der Waals surface area contributed by atoms with E-state index in [2.05, 4.69) is 20.6 Å². The molecule has 128 valence electrons. The lowest BCUT2D eigenvalue weighted by Crippen LogP contribution is -2.14. The lowest BCUT2D eigenvalue weighted by Gasteiger charge is -2.05. The molecule has 0 radical (unpaired) electrons. The molecule has 0 saturated heterocycles. The quantitative estimate of drug-likeness (QED) is 0.692. The Hall–Kier alpha value is -2.45. The van der Waals surface area contributed by atoms with Gasteiger partial charge in [0.05, 0.1) is 21.7 Å². The van der Waals surface area contributed by atoms with Gasteiger partial charge in [0.25, 0.3) is 0 Å². The van der Waals surface area contributed by atoms with Crippen LogP contribution in [0.2, 0.25) is 0 Å². The number of hydrogen-bond acceptors (Lipinski definition) is 6. The maximum absolute atomic E-state index is 12.1. The average molecular weight is 372 g/mol. The van der Waals surface area contributed by atoms with E-state index in [0.717, 1.165) is 15.9 Å². The van der Waals surface area contributed by atoms with Gasteiger partial charge < -0.3 is 10.6 Å². The highest BCUT2D eigenvalue weighted by molar-refractivity contribution is 7.99. The van der Waals surface area contributed by atoms with Crippen molar-refractivity contribution in [1.82, 2.24) is 9.97 Å². The van der Waals surface area contributed by atoms with E-state index in [1.165, 1.54) is 30.0 Å². The van der Waals surface area contributed by atoms with Gasteiger partial charge >= 0.3 is 0 Å². The van der Waals surface area contributed by atoms with Gasteiger partial charge in [0.2, 0.25) is 11.8 Å². The van der Waals surface area contributed by atoms with Gasteiger partial charge in [-0.1, -0.05) is 17.4 Å². The number of carbonyl (C=O) groups excluding carboxylic acids is 2. The van der Waals surface area contributed by atoms with Crippen LogP contribution in [0, 0.1) is 0 Å². The van der Waals surface area contributed by atoms with E-state index in [1.807, 2.05) is 30.3 Å². The van der Waals surface area contributed by atoms with Crippen molar-refractivity contribution in [3.05, 3.63) is 48.3 Å². The van der Waals surface area contributed by atoms with Gasteiger partial charge in [0.1, 0.15) is 0 Å². The second kappa shape index (κ2) is 8.09. The number of hydrogen-bond donors (Lipinski definition) is 2. The molecule has 8 heteroatoms. The molecule has 2 aromatic heterocycles. The fourth-order valence-electron chi connectivity index (χ4n) is 2.14. The summed E-state index contributed by atoms with van der Waals surface area (Å²) >= 11 is 2.89. The fourth-order valence-corrected chi connectivity index (χ4v) is 3.83. The molecule has 0 unspecified atom stereocenters. The Morgan fingerprint density at radius 3 is 2.84 bits per heavy atom. The number of nitrogens with zero attached hydrogens (tertiary/aromatic N) is 2. The third kappa shape index (κ3) is 5.01. The number of aromatic nitrogens is 2. The topological polar surface area (TPSA) is 84.0 Å². The van der Waals surface area contributed by atoms with Gasteiger partial charge in [-0.05, 0) is 30.3 Å². The molecule has 2 heterocycles. The molecule has 0 atom stereocenters. The first-order chi connectivity index (χ1) is 12.1. The SMILES string of the molecule is CC(=O)Nc1nc2ccc(NC(=O)CSCc3ccccn3)cc2s1. The molecule has 2 N–H and O–H groups in total. The molecule has 0 saturated carbocycles. The number of benzene rings is 1. The number of amides is 2. The van der Waals surface area contributed by atoms with Crippen molar-refractivity contribution in [3.63, 3.8) is 0 Å². The molecule has 2 amide bonds. The maximum atomic E-state index is 12.1. The second-order valence-corrected chi connectivity index (χ2v) is 7.26. The van der Waals surface area contributed by atoms with E-state index in [-0.39, 0.29) is 11.8 Å². The highest BCUT2D eigenvalue weighted by Crippen LogP contribution is 2.28. The lowest BCUT2D eigenvalue weighted by molar-refractivity contribution is -0.114. The monoisotopic (exact) mass is 372 g/mol. The number of anilines is 2. The number of fused-ring (bicyclic) bond motifs is 1. The fraction of sp³-hybridized carbons (Fsp3) is 0.176. The minimum Gasteiger partial charge on any atom is -0.325 e. The van der Waals surface area contributed by atoms with Gasteiger partial charge in [-0.25, -0.2) is 4.98 Å². The van der Waals surface area contributed by atoms with Gasteiger partial charge in [-0.15, -0.1) is 11.8 Å². The third-order valence-corrected chi connectivity index (χ3v) is 5.06. The number of thiazole rings is 1. The van der Waals surface area contributed by atoms with Gasteiger partial charge in [0, 0.05) is 24.6 Å². The van der Waals surface area contributed by atoms with E-state index in [0.29, 0.717) is 22.3 Å². The van der Waals surface area contributed by atoms with Crippen LogP contribution in [0.4, 0.5) is 10.8 Å². The summed E-state index contributed by atoms with van der Waals surface area (Å²) in [7, 11) is 0. The predicted molar refractivity (Wildman–Crippen MR) is 103 cm³/mol. The normalized spacial score (nSPS) is 10.6. The van der Waals surface area contributed by atoms with E-state index in [4.69, 9.17) is 0 Å². The summed E-state index contributed by atoms with van der Waals surface area (Å²) in [6, 6.07) is 11.2. The summed E-state index contributed by atoms with van der Waals surface area (Å²) in [4.78, 5) is 31.7. The minimum absolute atomic E-state index is 0.0631. The zero-order chi connectivity index (χ0) is 17.6. The number of carbonyl (C=O) groups is 2. The van der Waals surface area contributed by atoms with Crippen molar-refractivity contribution in [1.29, 1.82) is 0 Å².